The minimum Gasteiger partial charge on any atom is -0.497 e. The summed E-state index contributed by atoms with van der Waals surface area (Å²) in [6, 6.07) is 14.2. The van der Waals surface area contributed by atoms with E-state index in [1.54, 1.807) is 24.1 Å². The zero-order valence-corrected chi connectivity index (χ0v) is 17.7. The number of piperazine rings is 1. The van der Waals surface area contributed by atoms with E-state index in [4.69, 9.17) is 16.3 Å². The first-order valence-electron chi connectivity index (χ1n) is 9.51. The fourth-order valence-electron chi connectivity index (χ4n) is 4.20. The van der Waals surface area contributed by atoms with Crippen LogP contribution in [0.4, 0.5) is 5.69 Å². The van der Waals surface area contributed by atoms with Crippen LogP contribution >= 0.6 is 11.6 Å². The molecule has 2 saturated heterocycles. The smallest absolute Gasteiger partial charge is 0.241 e. The van der Waals surface area contributed by atoms with Gasteiger partial charge < -0.3 is 9.64 Å². The Labute approximate surface area is 175 Å². The van der Waals surface area contributed by atoms with Gasteiger partial charge in [-0.05, 0) is 48.4 Å². The van der Waals surface area contributed by atoms with Gasteiger partial charge in [-0.25, -0.2) is 8.42 Å². The number of methoxy groups -OCH3 is 1. The number of benzene rings is 2. The fourth-order valence-corrected chi connectivity index (χ4v) is 6.31. The first kappa shape index (κ1) is 20.2. The molecule has 2 aliphatic heterocycles. The van der Waals surface area contributed by atoms with Gasteiger partial charge >= 0.3 is 0 Å². The topological polar surface area (TPSA) is 66.9 Å². The van der Waals surface area contributed by atoms with Gasteiger partial charge in [0.05, 0.1) is 31.2 Å². The second-order valence-corrected chi connectivity index (χ2v) is 10.1. The van der Waals surface area contributed by atoms with Crippen LogP contribution in [0.15, 0.2) is 48.5 Å². The van der Waals surface area contributed by atoms with Crippen LogP contribution in [0.2, 0.25) is 5.02 Å². The molecule has 2 fully saturated rings. The lowest BCUT2D eigenvalue weighted by Crippen LogP contribution is -2.62. The third kappa shape index (κ3) is 4.27. The molecule has 2 aliphatic rings. The van der Waals surface area contributed by atoms with Crippen LogP contribution < -0.4 is 9.64 Å². The first-order chi connectivity index (χ1) is 13.9. The van der Waals surface area contributed by atoms with Crippen molar-refractivity contribution in [3.63, 3.8) is 0 Å². The maximum atomic E-state index is 13.0. The molecule has 2 heterocycles. The van der Waals surface area contributed by atoms with E-state index in [0.29, 0.717) is 23.0 Å². The molecule has 2 atom stereocenters. The minimum absolute atomic E-state index is 0.00706. The highest BCUT2D eigenvalue weighted by atomic mass is 35.5. The molecule has 29 heavy (non-hydrogen) atoms. The predicted molar refractivity (Wildman–Crippen MR) is 113 cm³/mol. The predicted octanol–water partition coefficient (Wildman–Crippen LogP) is 2.41. The highest BCUT2D eigenvalue weighted by Gasteiger charge is 2.49. The van der Waals surface area contributed by atoms with E-state index in [9.17, 15) is 13.2 Å². The number of carbonyl (C=O) groups is 1. The lowest BCUT2D eigenvalue weighted by atomic mass is 10.0. The molecule has 2 aromatic rings. The summed E-state index contributed by atoms with van der Waals surface area (Å²) >= 11 is 5.94. The number of anilines is 1. The van der Waals surface area contributed by atoms with Crippen molar-refractivity contribution in [3.8, 4) is 5.75 Å². The van der Waals surface area contributed by atoms with Crippen LogP contribution in [0.5, 0.6) is 5.75 Å². The van der Waals surface area contributed by atoms with Crippen LogP contribution in [0.1, 0.15) is 5.56 Å². The fraction of sp³-hybridized carbons (Fsp3) is 0.381. The van der Waals surface area contributed by atoms with Gasteiger partial charge in [-0.15, -0.1) is 0 Å². The first-order valence-corrected chi connectivity index (χ1v) is 11.7. The lowest BCUT2D eigenvalue weighted by Gasteiger charge is -2.43. The Morgan fingerprint density at radius 3 is 2.34 bits per heavy atom. The zero-order chi connectivity index (χ0) is 20.6. The third-order valence-electron chi connectivity index (χ3n) is 5.65. The second kappa shape index (κ2) is 7.97. The van der Waals surface area contributed by atoms with Gasteiger partial charge in [0, 0.05) is 23.3 Å². The second-order valence-electron chi connectivity index (χ2n) is 7.52. The van der Waals surface area contributed by atoms with Gasteiger partial charge in [-0.3, -0.25) is 9.69 Å². The lowest BCUT2D eigenvalue weighted by molar-refractivity contribution is -0.123. The van der Waals surface area contributed by atoms with E-state index in [1.807, 2.05) is 41.3 Å². The molecule has 6 nitrogen and oxygen atoms in total. The average Bonchev–Trinajstić information content (AvgIpc) is 3.02. The molecular formula is C21H23ClN2O4S. The summed E-state index contributed by atoms with van der Waals surface area (Å²) < 4.78 is 30.1. The van der Waals surface area contributed by atoms with E-state index >= 15 is 0 Å². The molecule has 1 amide bonds. The molecule has 0 unspecified atom stereocenters. The number of carbonyl (C=O) groups excluding carboxylic acids is 1. The van der Waals surface area contributed by atoms with Crippen LogP contribution in [0.3, 0.4) is 0 Å². The molecule has 0 aliphatic carbocycles. The van der Waals surface area contributed by atoms with Crippen LogP contribution in [-0.4, -0.2) is 63.0 Å². The van der Waals surface area contributed by atoms with E-state index in [-0.39, 0.29) is 36.0 Å². The molecule has 0 spiro atoms. The van der Waals surface area contributed by atoms with Crippen LogP contribution in [0.25, 0.3) is 0 Å². The van der Waals surface area contributed by atoms with Gasteiger partial charge in [-0.1, -0.05) is 23.7 Å². The maximum absolute atomic E-state index is 13.0. The van der Waals surface area contributed by atoms with Crippen molar-refractivity contribution >= 4 is 33.0 Å². The molecular weight excluding hydrogens is 412 g/mol. The maximum Gasteiger partial charge on any atom is 0.241 e. The molecule has 0 saturated carbocycles. The van der Waals surface area contributed by atoms with E-state index in [1.165, 1.54) is 0 Å². The Morgan fingerprint density at radius 1 is 1.03 bits per heavy atom. The molecule has 8 heteroatoms. The van der Waals surface area contributed by atoms with E-state index in [2.05, 4.69) is 0 Å². The highest BCUT2D eigenvalue weighted by molar-refractivity contribution is 7.91. The zero-order valence-electron chi connectivity index (χ0n) is 16.1. The summed E-state index contributed by atoms with van der Waals surface area (Å²) in [6.07, 6.45) is 0.732. The van der Waals surface area contributed by atoms with Gasteiger partial charge in [0.15, 0.2) is 9.84 Å². The number of amides is 1. The van der Waals surface area contributed by atoms with Crippen molar-refractivity contribution < 1.29 is 17.9 Å². The number of sulfone groups is 1. The largest absolute Gasteiger partial charge is 0.497 e. The summed E-state index contributed by atoms with van der Waals surface area (Å²) in [5.74, 6) is 0.688. The molecule has 154 valence electrons. The van der Waals surface area contributed by atoms with E-state index in [0.717, 1.165) is 12.0 Å². The summed E-state index contributed by atoms with van der Waals surface area (Å²) in [4.78, 5) is 16.7. The van der Waals surface area contributed by atoms with Crippen molar-refractivity contribution in [2.24, 2.45) is 0 Å². The summed E-state index contributed by atoms with van der Waals surface area (Å²) in [5.41, 5.74) is 1.82. The summed E-state index contributed by atoms with van der Waals surface area (Å²) in [7, 11) is -1.62. The highest BCUT2D eigenvalue weighted by Crippen LogP contribution is 2.32. The molecule has 4 rings (SSSR count). The van der Waals surface area contributed by atoms with Crippen molar-refractivity contribution in [1.29, 1.82) is 0 Å². The number of fused-ring (bicyclic) bond motifs is 1. The number of ether oxygens (including phenoxy) is 1. The standard InChI is InChI=1S/C21H23ClN2O4S/c1-28-18-8-6-17(7-9-18)24-20-14-29(26,27)13-19(20)23(12-21(24)25)11-10-15-2-4-16(22)5-3-15/h2-9,19-20H,10-14H2,1H3/t19-,20+/m1/s1. The minimum atomic E-state index is -3.21. The van der Waals surface area contributed by atoms with Crippen molar-refractivity contribution in [2.45, 2.75) is 18.5 Å². The van der Waals surface area contributed by atoms with Gasteiger partial charge in [0.25, 0.3) is 0 Å². The Morgan fingerprint density at radius 2 is 1.69 bits per heavy atom. The number of rotatable bonds is 5. The summed E-state index contributed by atoms with van der Waals surface area (Å²) in [5, 5.41) is 0.680. The Bertz CT molecular complexity index is 992. The third-order valence-corrected chi connectivity index (χ3v) is 7.60. The van der Waals surface area contributed by atoms with Gasteiger partial charge in [0.1, 0.15) is 5.75 Å². The van der Waals surface area contributed by atoms with E-state index < -0.39 is 9.84 Å². The SMILES string of the molecule is COc1ccc(N2C(=O)CN(CCc3ccc(Cl)cc3)[C@@H]3CS(=O)(=O)C[C@@H]32)cc1. The quantitative estimate of drug-likeness (QED) is 0.723. The number of halogens is 1. The molecule has 0 N–H and O–H groups in total. The Hall–Kier alpha value is -2.09. The van der Waals surface area contributed by atoms with Crippen LogP contribution in [-0.2, 0) is 21.1 Å². The number of hydrogen-bond donors (Lipinski definition) is 0. The summed E-state index contributed by atoms with van der Waals surface area (Å²) in [6.45, 7) is 0.830. The Balaban J connectivity index is 1.56. The molecule has 0 aromatic heterocycles. The molecule has 0 radical (unpaired) electrons. The Kier molecular flexibility index (Phi) is 5.55. The monoisotopic (exact) mass is 434 g/mol. The number of hydrogen-bond acceptors (Lipinski definition) is 5. The van der Waals surface area contributed by atoms with Gasteiger partial charge in [0.2, 0.25) is 5.91 Å². The average molecular weight is 435 g/mol. The molecule has 2 aromatic carbocycles. The normalized spacial score (nSPS) is 23.8. The molecule has 0 bridgehead atoms. The van der Waals surface area contributed by atoms with Crippen molar-refractivity contribution in [3.05, 3.63) is 59.1 Å². The van der Waals surface area contributed by atoms with Crippen molar-refractivity contribution in [1.82, 2.24) is 4.90 Å². The van der Waals surface area contributed by atoms with Crippen LogP contribution in [0, 0.1) is 0 Å². The number of nitrogens with zero attached hydrogens (tertiary/aromatic N) is 2. The van der Waals surface area contributed by atoms with Crippen molar-refractivity contribution in [2.75, 3.05) is 36.6 Å². The van der Waals surface area contributed by atoms with Gasteiger partial charge in [-0.2, -0.15) is 0 Å².